The number of carbonyl (C=O) groups is 1. The summed E-state index contributed by atoms with van der Waals surface area (Å²) in [5, 5.41) is 16.3. The molecule has 2 aliphatic rings. The van der Waals surface area contributed by atoms with Crippen LogP contribution in [0.15, 0.2) is 9.90 Å². The summed E-state index contributed by atoms with van der Waals surface area (Å²) in [5.41, 5.74) is 3.49. The average molecular weight is 404 g/mol. The van der Waals surface area contributed by atoms with Crippen molar-refractivity contribution in [3.63, 3.8) is 0 Å². The Morgan fingerprint density at radius 1 is 1.39 bits per heavy atom. The monoisotopic (exact) mass is 403 g/mol. The molecule has 4 rings (SSSR count). The van der Waals surface area contributed by atoms with E-state index in [0.717, 1.165) is 56.0 Å². The number of carbonyl (C=O) groups excluding carboxylic acids is 1. The first kappa shape index (κ1) is 19.6. The number of nitrogens with zero attached hydrogens (tertiary/aromatic N) is 3. The molecular weight excluding hydrogens is 374 g/mol. The lowest BCUT2D eigenvalue weighted by Gasteiger charge is -2.28. The van der Waals surface area contributed by atoms with Crippen LogP contribution in [0.4, 0.5) is 0 Å². The summed E-state index contributed by atoms with van der Waals surface area (Å²) in [7, 11) is 0. The predicted molar refractivity (Wildman–Crippen MR) is 108 cm³/mol. The first-order chi connectivity index (χ1) is 13.2. The van der Waals surface area contributed by atoms with Gasteiger partial charge in [-0.1, -0.05) is 5.16 Å². The Hall–Kier alpha value is -1.70. The Kier molecular flexibility index (Phi) is 5.10. The zero-order chi connectivity index (χ0) is 20.1. The van der Waals surface area contributed by atoms with Gasteiger partial charge in [0.25, 0.3) is 5.91 Å². The van der Waals surface area contributed by atoms with E-state index in [1.54, 1.807) is 11.3 Å². The van der Waals surface area contributed by atoms with Crippen LogP contribution in [0, 0.1) is 19.8 Å². The largest absolute Gasteiger partial charge is 0.390 e. The van der Waals surface area contributed by atoms with Gasteiger partial charge in [-0.3, -0.25) is 9.69 Å². The Balaban J connectivity index is 1.45. The summed E-state index contributed by atoms with van der Waals surface area (Å²) in [6, 6.07) is 0. The van der Waals surface area contributed by atoms with Gasteiger partial charge in [0, 0.05) is 54.5 Å². The SMILES string of the molecule is Cc1noc(C)c1CN1CCc2c(C(=O)N3CC[C@@H](C(C)(C)O)C3)csc2C1. The van der Waals surface area contributed by atoms with Gasteiger partial charge in [0.2, 0.25) is 0 Å². The minimum atomic E-state index is -0.734. The Bertz CT molecular complexity index is 861. The molecule has 0 radical (unpaired) electrons. The number of hydrogen-bond acceptors (Lipinski definition) is 6. The molecule has 7 heteroatoms. The summed E-state index contributed by atoms with van der Waals surface area (Å²) < 4.78 is 5.29. The van der Waals surface area contributed by atoms with Crippen LogP contribution in [0.5, 0.6) is 0 Å². The lowest BCUT2D eigenvalue weighted by Crippen LogP contribution is -2.36. The molecule has 1 atom stereocenters. The topological polar surface area (TPSA) is 69.8 Å². The Labute approximate surface area is 170 Å². The maximum atomic E-state index is 13.1. The molecule has 1 amide bonds. The molecule has 1 N–H and O–H groups in total. The quantitative estimate of drug-likeness (QED) is 0.849. The molecule has 2 aliphatic heterocycles. The second-order valence-corrected chi connectivity index (χ2v) is 9.67. The number of aryl methyl sites for hydroxylation is 2. The van der Waals surface area contributed by atoms with Crippen LogP contribution < -0.4 is 0 Å². The molecule has 152 valence electrons. The van der Waals surface area contributed by atoms with Crippen LogP contribution in [0.3, 0.4) is 0 Å². The zero-order valence-electron chi connectivity index (χ0n) is 17.1. The third-order valence-corrected chi connectivity index (χ3v) is 7.31. The number of thiophene rings is 1. The molecule has 28 heavy (non-hydrogen) atoms. The van der Waals surface area contributed by atoms with Crippen molar-refractivity contribution >= 4 is 17.2 Å². The summed E-state index contributed by atoms with van der Waals surface area (Å²) >= 11 is 1.69. The normalized spacial score (nSPS) is 20.6. The summed E-state index contributed by atoms with van der Waals surface area (Å²) in [5.74, 6) is 1.17. The molecular formula is C21H29N3O3S. The fraction of sp³-hybridized carbons (Fsp3) is 0.619. The van der Waals surface area contributed by atoms with Gasteiger partial charge in [0.05, 0.1) is 16.9 Å². The molecule has 4 heterocycles. The first-order valence-corrected chi connectivity index (χ1v) is 10.9. The molecule has 0 unspecified atom stereocenters. The highest BCUT2D eigenvalue weighted by Gasteiger charge is 2.37. The minimum Gasteiger partial charge on any atom is -0.390 e. The zero-order valence-corrected chi connectivity index (χ0v) is 17.9. The molecule has 0 spiro atoms. The maximum absolute atomic E-state index is 13.1. The van der Waals surface area contributed by atoms with Crippen LogP contribution in [0.1, 0.15) is 58.1 Å². The Morgan fingerprint density at radius 3 is 2.82 bits per heavy atom. The summed E-state index contributed by atoms with van der Waals surface area (Å²) in [6.07, 6.45) is 1.76. The van der Waals surface area contributed by atoms with E-state index in [2.05, 4.69) is 10.1 Å². The van der Waals surface area contributed by atoms with E-state index < -0.39 is 5.60 Å². The number of likely N-dealkylation sites (tertiary alicyclic amines) is 1. The van der Waals surface area contributed by atoms with Crippen molar-refractivity contribution in [3.8, 4) is 0 Å². The second-order valence-electron chi connectivity index (χ2n) is 8.70. The number of aliphatic hydroxyl groups is 1. The highest BCUT2D eigenvalue weighted by molar-refractivity contribution is 7.10. The standard InChI is InChI=1S/C21H29N3O3S/c1-13-17(14(2)27-22-13)10-23-7-6-16-18(12-28-19(16)11-23)20(25)24-8-5-15(9-24)21(3,4)26/h12,15,26H,5-11H2,1-4H3/t15-/m1/s1. The van der Waals surface area contributed by atoms with Gasteiger partial charge in [-0.2, -0.15) is 0 Å². The Morgan fingerprint density at radius 2 is 2.18 bits per heavy atom. The summed E-state index contributed by atoms with van der Waals surface area (Å²) in [4.78, 5) is 18.7. The van der Waals surface area contributed by atoms with Crippen LogP contribution in [0.25, 0.3) is 0 Å². The van der Waals surface area contributed by atoms with E-state index in [-0.39, 0.29) is 11.8 Å². The second kappa shape index (κ2) is 7.28. The van der Waals surface area contributed by atoms with E-state index >= 15 is 0 Å². The van der Waals surface area contributed by atoms with Gasteiger partial charge in [-0.25, -0.2) is 0 Å². The van der Waals surface area contributed by atoms with Crippen LogP contribution >= 0.6 is 11.3 Å². The van der Waals surface area contributed by atoms with Gasteiger partial charge in [0.1, 0.15) is 5.76 Å². The number of aromatic nitrogens is 1. The molecule has 0 aromatic carbocycles. The van der Waals surface area contributed by atoms with E-state index in [4.69, 9.17) is 4.52 Å². The van der Waals surface area contributed by atoms with Gasteiger partial charge in [-0.05, 0) is 46.1 Å². The van der Waals surface area contributed by atoms with Crippen LogP contribution in [0.2, 0.25) is 0 Å². The first-order valence-electron chi connectivity index (χ1n) is 9.99. The van der Waals surface area contributed by atoms with E-state index in [1.807, 2.05) is 38.0 Å². The molecule has 2 aromatic rings. The van der Waals surface area contributed by atoms with Crippen molar-refractivity contribution in [2.75, 3.05) is 19.6 Å². The van der Waals surface area contributed by atoms with Gasteiger partial charge < -0.3 is 14.5 Å². The molecule has 1 fully saturated rings. The number of hydrogen-bond donors (Lipinski definition) is 1. The lowest BCUT2D eigenvalue weighted by atomic mass is 9.90. The van der Waals surface area contributed by atoms with Crippen LogP contribution in [-0.4, -0.2) is 51.2 Å². The van der Waals surface area contributed by atoms with Crippen molar-refractivity contribution in [1.29, 1.82) is 0 Å². The van der Waals surface area contributed by atoms with E-state index in [1.165, 1.54) is 16.0 Å². The van der Waals surface area contributed by atoms with Gasteiger partial charge in [0.15, 0.2) is 0 Å². The molecule has 6 nitrogen and oxygen atoms in total. The van der Waals surface area contributed by atoms with Gasteiger partial charge in [-0.15, -0.1) is 11.3 Å². The highest BCUT2D eigenvalue weighted by atomic mass is 32.1. The van der Waals surface area contributed by atoms with E-state index in [0.29, 0.717) is 6.54 Å². The molecule has 0 bridgehead atoms. The summed E-state index contributed by atoms with van der Waals surface area (Å²) in [6.45, 7) is 11.6. The lowest BCUT2D eigenvalue weighted by molar-refractivity contribution is 0.0211. The smallest absolute Gasteiger partial charge is 0.255 e. The molecule has 0 aliphatic carbocycles. The third-order valence-electron chi connectivity index (χ3n) is 6.29. The third kappa shape index (κ3) is 3.63. The van der Waals surface area contributed by atoms with Crippen molar-refractivity contribution in [2.24, 2.45) is 5.92 Å². The number of amides is 1. The van der Waals surface area contributed by atoms with Gasteiger partial charge >= 0.3 is 0 Å². The number of rotatable bonds is 4. The van der Waals surface area contributed by atoms with Crippen molar-refractivity contribution in [2.45, 2.75) is 59.2 Å². The maximum Gasteiger partial charge on any atom is 0.255 e. The number of fused-ring (bicyclic) bond motifs is 1. The molecule has 0 saturated carbocycles. The van der Waals surface area contributed by atoms with Crippen LogP contribution in [-0.2, 0) is 19.5 Å². The van der Waals surface area contributed by atoms with Crippen molar-refractivity contribution in [3.05, 3.63) is 38.4 Å². The predicted octanol–water partition coefficient (Wildman–Crippen LogP) is 3.14. The fourth-order valence-corrected chi connectivity index (χ4v) is 5.45. The fourth-order valence-electron chi connectivity index (χ4n) is 4.34. The van der Waals surface area contributed by atoms with E-state index in [9.17, 15) is 9.90 Å². The molecule has 2 aromatic heterocycles. The average Bonchev–Trinajstić information content (AvgIpc) is 3.35. The van der Waals surface area contributed by atoms with Crippen molar-refractivity contribution < 1.29 is 14.4 Å². The van der Waals surface area contributed by atoms with Crippen molar-refractivity contribution in [1.82, 2.24) is 15.0 Å². The highest BCUT2D eigenvalue weighted by Crippen LogP contribution is 2.33. The molecule has 1 saturated heterocycles. The minimum absolute atomic E-state index is 0.128.